The molecule has 0 unspecified atom stereocenters. The summed E-state index contributed by atoms with van der Waals surface area (Å²) in [6, 6.07) is 9.62. The molecule has 1 N–H and O–H groups in total. The molecule has 0 bridgehead atoms. The molecule has 1 aliphatic rings. The number of hydrogen-bond donors (Lipinski definition) is 1. The molecule has 0 atom stereocenters. The van der Waals surface area contributed by atoms with Crippen molar-refractivity contribution in [3.05, 3.63) is 42.0 Å². The molecule has 1 amide bonds. The van der Waals surface area contributed by atoms with Crippen LogP contribution in [0.5, 0.6) is 0 Å². The minimum Gasteiger partial charge on any atom is -0.326 e. The third kappa shape index (κ3) is 3.23. The fourth-order valence-electron chi connectivity index (χ4n) is 2.00. The Bertz CT molecular complexity index is 381. The molecule has 0 saturated carbocycles. The van der Waals surface area contributed by atoms with E-state index in [1.165, 1.54) is 18.4 Å². The number of allylic oxidation sites excluding steroid dienone is 1. The van der Waals surface area contributed by atoms with Gasteiger partial charge in [-0.3, -0.25) is 4.79 Å². The van der Waals surface area contributed by atoms with Crippen molar-refractivity contribution in [2.75, 3.05) is 5.32 Å². The van der Waals surface area contributed by atoms with Crippen LogP contribution in [-0.2, 0) is 4.79 Å². The van der Waals surface area contributed by atoms with Crippen molar-refractivity contribution in [3.63, 3.8) is 0 Å². The van der Waals surface area contributed by atoms with E-state index in [0.717, 1.165) is 18.5 Å². The molecular formula is C14H17NO. The highest BCUT2D eigenvalue weighted by molar-refractivity contribution is 5.92. The van der Waals surface area contributed by atoms with Crippen LogP contribution in [-0.4, -0.2) is 5.91 Å². The molecule has 2 nitrogen and oxygen atoms in total. The van der Waals surface area contributed by atoms with Gasteiger partial charge in [-0.1, -0.05) is 29.8 Å². The van der Waals surface area contributed by atoms with Gasteiger partial charge in [-0.2, -0.15) is 0 Å². The van der Waals surface area contributed by atoms with E-state index in [1.807, 2.05) is 30.3 Å². The van der Waals surface area contributed by atoms with E-state index >= 15 is 0 Å². The lowest BCUT2D eigenvalue weighted by Crippen LogP contribution is -2.12. The van der Waals surface area contributed by atoms with Crippen LogP contribution in [0.4, 0.5) is 5.69 Å². The zero-order valence-corrected chi connectivity index (χ0v) is 9.41. The van der Waals surface area contributed by atoms with Crippen LogP contribution >= 0.6 is 0 Å². The van der Waals surface area contributed by atoms with Crippen LogP contribution in [0.15, 0.2) is 42.0 Å². The number of nitrogens with one attached hydrogen (secondary N) is 1. The van der Waals surface area contributed by atoms with Crippen molar-refractivity contribution in [3.8, 4) is 0 Å². The minimum atomic E-state index is 0.0966. The summed E-state index contributed by atoms with van der Waals surface area (Å²) in [5.74, 6) is 0.0966. The Morgan fingerprint density at radius 3 is 2.69 bits per heavy atom. The van der Waals surface area contributed by atoms with Gasteiger partial charge in [-0.05, 0) is 37.8 Å². The third-order valence-electron chi connectivity index (χ3n) is 2.83. The van der Waals surface area contributed by atoms with Gasteiger partial charge in [0.1, 0.15) is 0 Å². The second-order valence-corrected chi connectivity index (χ2v) is 4.20. The van der Waals surface area contributed by atoms with Crippen LogP contribution in [0.25, 0.3) is 0 Å². The normalized spacial score (nSPS) is 15.4. The largest absolute Gasteiger partial charge is 0.326 e. The van der Waals surface area contributed by atoms with Gasteiger partial charge in [0.25, 0.3) is 0 Å². The molecule has 2 rings (SSSR count). The first-order valence-corrected chi connectivity index (χ1v) is 5.87. The standard InChI is InChI=1S/C14H17NO/c16-14(11-12-7-3-1-4-8-12)15-13-9-5-2-6-10-13/h2,5-7,9-10H,1,3-4,8,11H2,(H,15,16). The first-order valence-electron chi connectivity index (χ1n) is 5.87. The Morgan fingerprint density at radius 1 is 1.19 bits per heavy atom. The van der Waals surface area contributed by atoms with Crippen molar-refractivity contribution in [2.45, 2.75) is 32.1 Å². The number of carbonyl (C=O) groups excluding carboxylic acids is 1. The number of carbonyl (C=O) groups is 1. The Kier molecular flexibility index (Phi) is 3.76. The Labute approximate surface area is 96.4 Å². The average molecular weight is 215 g/mol. The summed E-state index contributed by atoms with van der Waals surface area (Å²) in [5.41, 5.74) is 2.17. The quantitative estimate of drug-likeness (QED) is 0.768. The lowest BCUT2D eigenvalue weighted by atomic mass is 9.97. The number of hydrogen-bond acceptors (Lipinski definition) is 1. The van der Waals surface area contributed by atoms with E-state index in [4.69, 9.17) is 0 Å². The van der Waals surface area contributed by atoms with Crippen molar-refractivity contribution in [2.24, 2.45) is 0 Å². The first-order chi connectivity index (χ1) is 7.84. The number of para-hydroxylation sites is 1. The summed E-state index contributed by atoms with van der Waals surface area (Å²) in [7, 11) is 0. The average Bonchev–Trinajstić information content (AvgIpc) is 2.31. The van der Waals surface area contributed by atoms with Crippen molar-refractivity contribution in [1.82, 2.24) is 0 Å². The lowest BCUT2D eigenvalue weighted by molar-refractivity contribution is -0.115. The summed E-state index contributed by atoms with van der Waals surface area (Å²) >= 11 is 0. The van der Waals surface area contributed by atoms with Crippen molar-refractivity contribution < 1.29 is 4.79 Å². The molecule has 0 radical (unpaired) electrons. The summed E-state index contributed by atoms with van der Waals surface area (Å²) in [4.78, 5) is 11.7. The van der Waals surface area contributed by atoms with Crippen LogP contribution in [0.2, 0.25) is 0 Å². The highest BCUT2D eigenvalue weighted by atomic mass is 16.1. The topological polar surface area (TPSA) is 29.1 Å². The van der Waals surface area contributed by atoms with Gasteiger partial charge in [-0.15, -0.1) is 0 Å². The second-order valence-electron chi connectivity index (χ2n) is 4.20. The van der Waals surface area contributed by atoms with Gasteiger partial charge >= 0.3 is 0 Å². The predicted molar refractivity (Wildman–Crippen MR) is 66.2 cm³/mol. The Balaban J connectivity index is 1.87. The molecule has 16 heavy (non-hydrogen) atoms. The minimum absolute atomic E-state index is 0.0966. The Hall–Kier alpha value is -1.57. The van der Waals surface area contributed by atoms with Gasteiger partial charge in [0.15, 0.2) is 0 Å². The summed E-state index contributed by atoms with van der Waals surface area (Å²) < 4.78 is 0. The molecule has 1 aromatic carbocycles. The Morgan fingerprint density at radius 2 is 2.00 bits per heavy atom. The molecule has 2 heteroatoms. The number of rotatable bonds is 3. The van der Waals surface area contributed by atoms with Gasteiger partial charge < -0.3 is 5.32 Å². The van der Waals surface area contributed by atoms with Gasteiger partial charge in [-0.25, -0.2) is 0 Å². The second kappa shape index (κ2) is 5.50. The summed E-state index contributed by atoms with van der Waals surface area (Å²) in [5, 5.41) is 2.91. The van der Waals surface area contributed by atoms with Crippen molar-refractivity contribution in [1.29, 1.82) is 0 Å². The fraction of sp³-hybridized carbons (Fsp3) is 0.357. The predicted octanol–water partition coefficient (Wildman–Crippen LogP) is 3.52. The van der Waals surface area contributed by atoms with E-state index in [-0.39, 0.29) is 5.91 Å². The SMILES string of the molecule is O=C(CC1=CCCCC1)Nc1ccccc1. The number of anilines is 1. The maximum atomic E-state index is 11.7. The summed E-state index contributed by atoms with van der Waals surface area (Å²) in [6.45, 7) is 0. The van der Waals surface area contributed by atoms with E-state index in [0.29, 0.717) is 6.42 Å². The monoisotopic (exact) mass is 215 g/mol. The molecule has 1 aliphatic carbocycles. The summed E-state index contributed by atoms with van der Waals surface area (Å²) in [6.07, 6.45) is 7.48. The highest BCUT2D eigenvalue weighted by Gasteiger charge is 2.08. The van der Waals surface area contributed by atoms with E-state index < -0.39 is 0 Å². The molecule has 0 spiro atoms. The maximum Gasteiger partial charge on any atom is 0.228 e. The number of benzene rings is 1. The van der Waals surface area contributed by atoms with E-state index in [2.05, 4.69) is 11.4 Å². The third-order valence-corrected chi connectivity index (χ3v) is 2.83. The first kappa shape index (κ1) is 10.9. The molecule has 1 aromatic rings. The maximum absolute atomic E-state index is 11.7. The lowest BCUT2D eigenvalue weighted by Gasteiger charge is -2.12. The van der Waals surface area contributed by atoms with Gasteiger partial charge in [0.2, 0.25) is 5.91 Å². The molecule has 0 saturated heterocycles. The zero-order valence-electron chi connectivity index (χ0n) is 9.41. The zero-order chi connectivity index (χ0) is 11.2. The molecule has 0 fully saturated rings. The van der Waals surface area contributed by atoms with Crippen LogP contribution < -0.4 is 5.32 Å². The van der Waals surface area contributed by atoms with Crippen LogP contribution in [0, 0.1) is 0 Å². The smallest absolute Gasteiger partial charge is 0.228 e. The van der Waals surface area contributed by atoms with Gasteiger partial charge in [0, 0.05) is 12.1 Å². The molecule has 0 aromatic heterocycles. The van der Waals surface area contributed by atoms with Crippen molar-refractivity contribution >= 4 is 11.6 Å². The highest BCUT2D eigenvalue weighted by Crippen LogP contribution is 2.20. The molecule has 0 aliphatic heterocycles. The van der Waals surface area contributed by atoms with Crippen LogP contribution in [0.3, 0.4) is 0 Å². The van der Waals surface area contributed by atoms with Gasteiger partial charge in [0.05, 0.1) is 0 Å². The molecule has 0 heterocycles. The molecule has 84 valence electrons. The van der Waals surface area contributed by atoms with E-state index in [1.54, 1.807) is 0 Å². The molecular weight excluding hydrogens is 198 g/mol. The van der Waals surface area contributed by atoms with Crippen LogP contribution in [0.1, 0.15) is 32.1 Å². The fourth-order valence-corrected chi connectivity index (χ4v) is 2.00. The van der Waals surface area contributed by atoms with E-state index in [9.17, 15) is 4.79 Å². The number of amides is 1.